The van der Waals surface area contributed by atoms with E-state index in [9.17, 15) is 9.18 Å². The molecule has 0 unspecified atom stereocenters. The molecule has 0 radical (unpaired) electrons. The van der Waals surface area contributed by atoms with E-state index in [1.807, 2.05) is 6.92 Å². The van der Waals surface area contributed by atoms with Crippen LogP contribution in [-0.4, -0.2) is 9.55 Å². The van der Waals surface area contributed by atoms with E-state index >= 15 is 0 Å². The van der Waals surface area contributed by atoms with Crippen LogP contribution in [0.25, 0.3) is 11.0 Å². The zero-order chi connectivity index (χ0) is 10.1. The maximum Gasteiger partial charge on any atom is 0.269 e. The van der Waals surface area contributed by atoms with Crippen molar-refractivity contribution >= 4 is 11.0 Å². The molecule has 0 fully saturated rings. The van der Waals surface area contributed by atoms with Crippen molar-refractivity contribution in [3.63, 3.8) is 0 Å². The Labute approximate surface area is 79.8 Å². The van der Waals surface area contributed by atoms with Crippen molar-refractivity contribution in [2.24, 2.45) is 0 Å². The third kappa shape index (κ3) is 1.28. The third-order valence-electron chi connectivity index (χ3n) is 2.12. The molecule has 1 aromatic carbocycles. The van der Waals surface area contributed by atoms with E-state index in [1.54, 1.807) is 6.07 Å². The van der Waals surface area contributed by atoms with Gasteiger partial charge in [0, 0.05) is 6.54 Å². The average molecular weight is 192 g/mol. The summed E-state index contributed by atoms with van der Waals surface area (Å²) >= 11 is 0. The first-order valence-corrected chi connectivity index (χ1v) is 4.37. The van der Waals surface area contributed by atoms with Crippen molar-refractivity contribution in [1.82, 2.24) is 9.55 Å². The zero-order valence-electron chi connectivity index (χ0n) is 7.70. The highest BCUT2D eigenvalue weighted by Gasteiger charge is 2.02. The summed E-state index contributed by atoms with van der Waals surface area (Å²) in [6, 6.07) is 4.23. The summed E-state index contributed by atoms with van der Waals surface area (Å²) in [5, 5.41) is 0. The Morgan fingerprint density at radius 3 is 3.00 bits per heavy atom. The second-order valence-corrected chi connectivity index (χ2v) is 2.97. The van der Waals surface area contributed by atoms with E-state index in [1.165, 1.54) is 22.9 Å². The Morgan fingerprint density at radius 2 is 2.29 bits per heavy atom. The van der Waals surface area contributed by atoms with Gasteiger partial charge in [0.1, 0.15) is 5.82 Å². The lowest BCUT2D eigenvalue weighted by atomic mass is 10.3. The quantitative estimate of drug-likeness (QED) is 0.687. The van der Waals surface area contributed by atoms with E-state index in [0.29, 0.717) is 17.6 Å². The first-order valence-electron chi connectivity index (χ1n) is 4.37. The van der Waals surface area contributed by atoms with Crippen molar-refractivity contribution in [3.8, 4) is 0 Å². The van der Waals surface area contributed by atoms with Crippen molar-refractivity contribution in [2.75, 3.05) is 0 Å². The monoisotopic (exact) mass is 192 g/mol. The van der Waals surface area contributed by atoms with Gasteiger partial charge in [0.15, 0.2) is 0 Å². The molecule has 0 saturated heterocycles. The van der Waals surface area contributed by atoms with Crippen molar-refractivity contribution < 1.29 is 4.39 Å². The molecular formula is C10H9FN2O. The lowest BCUT2D eigenvalue weighted by Gasteiger charge is -2.05. The van der Waals surface area contributed by atoms with Gasteiger partial charge in [-0.2, -0.15) is 0 Å². The van der Waals surface area contributed by atoms with Gasteiger partial charge in [-0.05, 0) is 25.1 Å². The number of nitrogens with zero attached hydrogens (tertiary/aromatic N) is 2. The number of benzene rings is 1. The van der Waals surface area contributed by atoms with Gasteiger partial charge < -0.3 is 4.57 Å². The first-order chi connectivity index (χ1) is 6.72. The predicted octanol–water partition coefficient (Wildman–Crippen LogP) is 1.56. The smallest absolute Gasteiger partial charge is 0.269 e. The normalized spacial score (nSPS) is 10.7. The highest BCUT2D eigenvalue weighted by Crippen LogP contribution is 2.10. The van der Waals surface area contributed by atoms with Crippen LogP contribution in [0.5, 0.6) is 0 Å². The Hall–Kier alpha value is -1.71. The summed E-state index contributed by atoms with van der Waals surface area (Å²) in [5.41, 5.74) is 0.971. The number of halogens is 1. The molecule has 0 atom stereocenters. The van der Waals surface area contributed by atoms with Gasteiger partial charge >= 0.3 is 0 Å². The van der Waals surface area contributed by atoms with Crippen LogP contribution in [-0.2, 0) is 6.54 Å². The van der Waals surface area contributed by atoms with Gasteiger partial charge in [-0.15, -0.1) is 0 Å². The average Bonchev–Trinajstić information content (AvgIpc) is 2.17. The zero-order valence-corrected chi connectivity index (χ0v) is 7.70. The molecular weight excluding hydrogens is 183 g/mol. The van der Waals surface area contributed by atoms with Crippen LogP contribution in [0.2, 0.25) is 0 Å². The summed E-state index contributed by atoms with van der Waals surface area (Å²) in [4.78, 5) is 15.3. The van der Waals surface area contributed by atoms with Crippen LogP contribution >= 0.6 is 0 Å². The summed E-state index contributed by atoms with van der Waals surface area (Å²) in [6.07, 6.45) is 1.25. The minimum Gasteiger partial charge on any atom is -0.306 e. The molecule has 0 amide bonds. The van der Waals surface area contributed by atoms with Crippen LogP contribution in [0.15, 0.2) is 29.2 Å². The van der Waals surface area contributed by atoms with E-state index in [4.69, 9.17) is 0 Å². The number of aromatic nitrogens is 2. The summed E-state index contributed by atoms with van der Waals surface area (Å²) in [5.74, 6) is -0.355. The highest BCUT2D eigenvalue weighted by atomic mass is 19.1. The molecule has 0 aliphatic rings. The maximum atomic E-state index is 12.9. The van der Waals surface area contributed by atoms with Crippen LogP contribution in [0.3, 0.4) is 0 Å². The van der Waals surface area contributed by atoms with Gasteiger partial charge in [-0.1, -0.05) is 0 Å². The Morgan fingerprint density at radius 1 is 1.50 bits per heavy atom. The Kier molecular flexibility index (Phi) is 2.04. The molecule has 1 aromatic heterocycles. The van der Waals surface area contributed by atoms with E-state index in [0.717, 1.165) is 0 Å². The minimum absolute atomic E-state index is 0.203. The summed E-state index contributed by atoms with van der Waals surface area (Å²) < 4.78 is 14.4. The molecule has 0 aliphatic carbocycles. The number of fused-ring (bicyclic) bond motifs is 1. The highest BCUT2D eigenvalue weighted by molar-refractivity contribution is 5.74. The van der Waals surface area contributed by atoms with Gasteiger partial charge in [0.05, 0.1) is 17.2 Å². The number of rotatable bonds is 1. The second kappa shape index (κ2) is 3.21. The molecule has 0 spiro atoms. The van der Waals surface area contributed by atoms with Gasteiger partial charge in [-0.3, -0.25) is 4.79 Å². The van der Waals surface area contributed by atoms with Gasteiger partial charge in [0.25, 0.3) is 5.56 Å². The predicted molar refractivity (Wildman–Crippen MR) is 51.6 cm³/mol. The number of hydrogen-bond donors (Lipinski definition) is 0. The fourth-order valence-corrected chi connectivity index (χ4v) is 1.46. The molecule has 2 aromatic rings. The molecule has 0 aliphatic heterocycles. The van der Waals surface area contributed by atoms with Crippen LogP contribution in [0.4, 0.5) is 4.39 Å². The summed E-state index contributed by atoms with van der Waals surface area (Å²) in [7, 11) is 0. The second-order valence-electron chi connectivity index (χ2n) is 2.97. The fourth-order valence-electron chi connectivity index (χ4n) is 1.46. The Balaban J connectivity index is 2.91. The lowest BCUT2D eigenvalue weighted by Crippen LogP contribution is -2.19. The van der Waals surface area contributed by atoms with E-state index in [-0.39, 0.29) is 11.4 Å². The van der Waals surface area contributed by atoms with Crippen molar-refractivity contribution in [1.29, 1.82) is 0 Å². The molecule has 14 heavy (non-hydrogen) atoms. The molecule has 0 N–H and O–H groups in total. The largest absolute Gasteiger partial charge is 0.306 e. The van der Waals surface area contributed by atoms with Crippen LogP contribution in [0.1, 0.15) is 6.92 Å². The molecule has 0 bridgehead atoms. The molecule has 0 saturated carbocycles. The molecule has 72 valence electrons. The van der Waals surface area contributed by atoms with Crippen LogP contribution < -0.4 is 5.56 Å². The molecule has 4 heteroatoms. The van der Waals surface area contributed by atoms with Gasteiger partial charge in [-0.25, -0.2) is 9.37 Å². The van der Waals surface area contributed by atoms with Gasteiger partial charge in [0.2, 0.25) is 0 Å². The Bertz CT molecular complexity index is 533. The third-order valence-corrected chi connectivity index (χ3v) is 2.12. The van der Waals surface area contributed by atoms with E-state index < -0.39 is 0 Å². The lowest BCUT2D eigenvalue weighted by molar-refractivity contribution is 0.627. The van der Waals surface area contributed by atoms with E-state index in [2.05, 4.69) is 4.98 Å². The van der Waals surface area contributed by atoms with Crippen molar-refractivity contribution in [3.05, 3.63) is 40.6 Å². The maximum absolute atomic E-state index is 12.9. The SMILES string of the molecule is CCn1c(=O)cnc2ccc(F)cc21. The number of hydrogen-bond acceptors (Lipinski definition) is 2. The minimum atomic E-state index is -0.355. The van der Waals surface area contributed by atoms with Crippen molar-refractivity contribution in [2.45, 2.75) is 13.5 Å². The first kappa shape index (κ1) is 8.87. The standard InChI is InChI=1S/C10H9FN2O/c1-2-13-9-5-7(11)3-4-8(9)12-6-10(13)14/h3-6H,2H2,1H3. The molecule has 3 nitrogen and oxygen atoms in total. The fraction of sp³-hybridized carbons (Fsp3) is 0.200. The summed E-state index contributed by atoms with van der Waals surface area (Å²) in [6.45, 7) is 2.35. The van der Waals surface area contributed by atoms with Crippen LogP contribution in [0, 0.1) is 5.82 Å². The number of aryl methyl sites for hydroxylation is 1. The topological polar surface area (TPSA) is 34.9 Å². The molecule has 1 heterocycles. The molecule has 2 rings (SSSR count).